The molecule has 0 saturated heterocycles. The van der Waals surface area contributed by atoms with Crippen molar-refractivity contribution in [3.8, 4) is 5.75 Å². The average Bonchev–Trinajstić information content (AvgIpc) is 3.48. The van der Waals surface area contributed by atoms with Crippen molar-refractivity contribution in [2.75, 3.05) is 19.8 Å². The number of pyridine rings is 1. The van der Waals surface area contributed by atoms with E-state index in [1.807, 2.05) is 0 Å². The molecule has 2 aromatic heterocycles. The molecular weight excluding hydrogens is 598 g/mol. The third kappa shape index (κ3) is 8.28. The zero-order valence-electron chi connectivity index (χ0n) is 23.0. The van der Waals surface area contributed by atoms with Crippen molar-refractivity contribution in [3.63, 3.8) is 0 Å². The van der Waals surface area contributed by atoms with Crippen LogP contribution in [0.2, 0.25) is 0 Å². The minimum atomic E-state index is -4.39. The van der Waals surface area contributed by atoms with Crippen molar-refractivity contribution in [1.82, 2.24) is 14.6 Å². The number of fused-ring (bicyclic) bond motifs is 1. The number of esters is 1. The van der Waals surface area contributed by atoms with E-state index in [1.54, 1.807) is 36.6 Å². The average molecular weight is 628 g/mol. The van der Waals surface area contributed by atoms with Crippen molar-refractivity contribution in [1.29, 1.82) is 0 Å². The minimum Gasteiger partial charge on any atom is -0.493 e. The Balaban J connectivity index is 1.77. The molecule has 0 unspecified atom stereocenters. The van der Waals surface area contributed by atoms with Crippen LogP contribution in [0.1, 0.15) is 29.8 Å². The number of nitrogens with one attached hydrogen (secondary N) is 2. The van der Waals surface area contributed by atoms with Crippen LogP contribution in [0.15, 0.2) is 81.8 Å². The second kappa shape index (κ2) is 14.1. The van der Waals surface area contributed by atoms with Crippen molar-refractivity contribution >= 4 is 50.1 Å². The summed E-state index contributed by atoms with van der Waals surface area (Å²) in [5.74, 6) is -2.44. The molecular formula is C29H29N3O9S2. The van der Waals surface area contributed by atoms with Crippen LogP contribution in [-0.2, 0) is 35.7 Å². The summed E-state index contributed by atoms with van der Waals surface area (Å²) in [6.45, 7) is 1.03. The first-order valence-corrected chi connectivity index (χ1v) is 15.5. The van der Waals surface area contributed by atoms with Gasteiger partial charge in [0, 0.05) is 22.0 Å². The maximum atomic E-state index is 14.2. The van der Waals surface area contributed by atoms with E-state index in [1.165, 1.54) is 58.7 Å². The van der Waals surface area contributed by atoms with E-state index in [2.05, 4.69) is 9.71 Å². The van der Waals surface area contributed by atoms with E-state index in [4.69, 9.17) is 14.6 Å². The lowest BCUT2D eigenvalue weighted by Crippen LogP contribution is -2.44. The molecule has 0 radical (unpaired) electrons. The fourth-order valence-corrected chi connectivity index (χ4v) is 6.14. The second-order valence-electron chi connectivity index (χ2n) is 9.23. The Labute approximate surface area is 250 Å². The number of rotatable bonds is 14. The number of benzene rings is 2. The monoisotopic (exact) mass is 627 g/mol. The molecule has 0 fully saturated rings. The molecule has 14 heteroatoms. The number of carbonyl (C=O) groups excluding carboxylic acids is 2. The van der Waals surface area contributed by atoms with Crippen LogP contribution in [0.25, 0.3) is 10.9 Å². The van der Waals surface area contributed by atoms with Gasteiger partial charge in [0.1, 0.15) is 18.3 Å². The maximum Gasteiger partial charge on any atom is 0.325 e. The van der Waals surface area contributed by atoms with E-state index in [9.17, 15) is 27.6 Å². The van der Waals surface area contributed by atoms with Crippen LogP contribution < -0.4 is 15.0 Å². The number of carboxylic acids is 1. The van der Waals surface area contributed by atoms with Crippen LogP contribution >= 0.6 is 11.3 Å². The van der Waals surface area contributed by atoms with E-state index in [0.29, 0.717) is 10.9 Å². The van der Waals surface area contributed by atoms with Crippen molar-refractivity contribution in [3.05, 3.63) is 92.9 Å². The van der Waals surface area contributed by atoms with Crippen molar-refractivity contribution in [2.45, 2.75) is 30.8 Å². The summed E-state index contributed by atoms with van der Waals surface area (Å²) >= 11 is 1.36. The molecule has 1 atom stereocenters. The Morgan fingerprint density at radius 2 is 1.86 bits per heavy atom. The Bertz CT molecular complexity index is 1770. The first-order chi connectivity index (χ1) is 20.6. The molecule has 2 aromatic carbocycles. The van der Waals surface area contributed by atoms with Crippen LogP contribution in [-0.4, -0.2) is 61.0 Å². The van der Waals surface area contributed by atoms with E-state index in [0.717, 1.165) is 4.88 Å². The summed E-state index contributed by atoms with van der Waals surface area (Å²) < 4.78 is 40.7. The third-order valence-corrected chi connectivity index (χ3v) is 8.47. The topological polar surface area (TPSA) is 172 Å². The van der Waals surface area contributed by atoms with E-state index in [-0.39, 0.29) is 47.9 Å². The van der Waals surface area contributed by atoms with Gasteiger partial charge in [0.25, 0.3) is 0 Å². The summed E-state index contributed by atoms with van der Waals surface area (Å²) in [5.41, 5.74) is 0.193. The van der Waals surface area contributed by atoms with Gasteiger partial charge in [0.05, 0.1) is 31.1 Å². The number of aliphatic carboxylic acids is 1. The number of aromatic nitrogens is 1. The number of hydrogen-bond acceptors (Lipinski definition) is 9. The molecule has 0 spiro atoms. The minimum absolute atomic E-state index is 0.00107. The molecule has 12 nitrogen and oxygen atoms in total. The molecule has 4 aromatic rings. The first-order valence-electron chi connectivity index (χ1n) is 13.1. The highest BCUT2D eigenvalue weighted by molar-refractivity contribution is 7.89. The SMILES string of the molecule is CCOC(=O)CN(Cc1cccs1)C(=O)[C@@H](NS(=O)(=O)c1ccc2[nH]c(=O)ccc2c1)c1ccccc1OCCC(=O)O. The van der Waals surface area contributed by atoms with Gasteiger partial charge in [-0.05, 0) is 54.1 Å². The number of thiophene rings is 1. The molecule has 0 saturated carbocycles. The molecule has 3 N–H and O–H groups in total. The summed E-state index contributed by atoms with van der Waals surface area (Å²) in [4.78, 5) is 53.9. The number of aromatic amines is 1. The van der Waals surface area contributed by atoms with Gasteiger partial charge < -0.3 is 24.5 Å². The van der Waals surface area contributed by atoms with Gasteiger partial charge in [-0.2, -0.15) is 4.72 Å². The normalized spacial score (nSPS) is 12.0. The predicted molar refractivity (Wildman–Crippen MR) is 158 cm³/mol. The van der Waals surface area contributed by atoms with Crippen LogP contribution in [0.5, 0.6) is 5.75 Å². The number of sulfonamides is 1. The number of H-pyrrole nitrogens is 1. The fourth-order valence-electron chi connectivity index (χ4n) is 4.22. The Kier molecular flexibility index (Phi) is 10.3. The smallest absolute Gasteiger partial charge is 0.325 e. The predicted octanol–water partition coefficient (Wildman–Crippen LogP) is 3.05. The molecule has 0 bridgehead atoms. The largest absolute Gasteiger partial charge is 0.493 e. The zero-order valence-corrected chi connectivity index (χ0v) is 24.7. The van der Waals surface area contributed by atoms with Crippen molar-refractivity contribution < 1.29 is 37.4 Å². The first kappa shape index (κ1) is 31.4. The lowest BCUT2D eigenvalue weighted by molar-refractivity contribution is -0.149. The number of carboxylic acid groups (broad SMARTS) is 1. The Morgan fingerprint density at radius 3 is 2.58 bits per heavy atom. The lowest BCUT2D eigenvalue weighted by Gasteiger charge is -2.28. The number of amides is 1. The van der Waals surface area contributed by atoms with E-state index < -0.39 is 40.5 Å². The van der Waals surface area contributed by atoms with Gasteiger partial charge in [0.15, 0.2) is 0 Å². The van der Waals surface area contributed by atoms with Gasteiger partial charge in [-0.25, -0.2) is 8.42 Å². The lowest BCUT2D eigenvalue weighted by atomic mass is 10.0. The quantitative estimate of drug-likeness (QED) is 0.178. The molecule has 4 rings (SSSR count). The van der Waals surface area contributed by atoms with Gasteiger partial charge in [-0.15, -0.1) is 11.3 Å². The van der Waals surface area contributed by atoms with Crippen LogP contribution in [0.4, 0.5) is 0 Å². The summed E-state index contributed by atoms with van der Waals surface area (Å²) in [7, 11) is -4.39. The van der Waals surface area contributed by atoms with Gasteiger partial charge >= 0.3 is 11.9 Å². The summed E-state index contributed by atoms with van der Waals surface area (Å²) in [6, 6.07) is 15.0. The molecule has 2 heterocycles. The Morgan fingerprint density at radius 1 is 1.07 bits per heavy atom. The number of carbonyl (C=O) groups is 3. The molecule has 0 aliphatic heterocycles. The van der Waals surface area contributed by atoms with Gasteiger partial charge in [-0.1, -0.05) is 24.3 Å². The molecule has 1 amide bonds. The summed E-state index contributed by atoms with van der Waals surface area (Å²) in [6.07, 6.45) is -0.328. The zero-order chi connectivity index (χ0) is 31.0. The maximum absolute atomic E-state index is 14.2. The molecule has 226 valence electrons. The van der Waals surface area contributed by atoms with E-state index >= 15 is 0 Å². The molecule has 43 heavy (non-hydrogen) atoms. The fraction of sp³-hybridized carbons (Fsp3) is 0.241. The Hall–Kier alpha value is -4.53. The second-order valence-corrected chi connectivity index (χ2v) is 12.0. The highest BCUT2D eigenvalue weighted by atomic mass is 32.2. The van der Waals surface area contributed by atoms with Crippen molar-refractivity contribution in [2.24, 2.45) is 0 Å². The summed E-state index contributed by atoms with van der Waals surface area (Å²) in [5, 5.41) is 11.3. The number of hydrogen-bond donors (Lipinski definition) is 3. The standard InChI is InChI=1S/C29H29N3O9S2/c1-2-40-27(36)18-32(17-20-6-5-15-42-20)29(37)28(22-7-3-4-8-24(22)41-14-13-26(34)35)31-43(38,39)21-10-11-23-19(16-21)9-12-25(33)30-23/h3-12,15-16,28,31H,2,13-14,17-18H2,1H3,(H,30,33)(H,34,35)/t28-/m0/s1. The molecule has 0 aliphatic carbocycles. The number of para-hydroxylation sites is 1. The van der Waals surface area contributed by atoms with Crippen LogP contribution in [0, 0.1) is 0 Å². The highest BCUT2D eigenvalue weighted by Crippen LogP contribution is 2.30. The highest BCUT2D eigenvalue weighted by Gasteiger charge is 2.34. The number of ether oxygens (including phenoxy) is 2. The van der Waals surface area contributed by atoms with Crippen LogP contribution in [0.3, 0.4) is 0 Å². The third-order valence-electron chi connectivity index (χ3n) is 6.19. The number of nitrogens with zero attached hydrogens (tertiary/aromatic N) is 1. The molecule has 0 aliphatic rings. The van der Waals surface area contributed by atoms with Gasteiger partial charge in [0.2, 0.25) is 21.5 Å². The van der Waals surface area contributed by atoms with Gasteiger partial charge in [-0.3, -0.25) is 19.2 Å².